The SMILES string of the molecule is CN(CC1CCCCN1)c1ncc(C(F)(F)F)cc1Cl.Cl. The topological polar surface area (TPSA) is 28.2 Å². The van der Waals surface area contributed by atoms with Crippen LogP contribution in [0, 0.1) is 0 Å². The quantitative estimate of drug-likeness (QED) is 0.905. The highest BCUT2D eigenvalue weighted by Gasteiger charge is 2.32. The molecule has 1 aliphatic heterocycles. The number of nitrogens with one attached hydrogen (secondary N) is 1. The molecule has 3 nitrogen and oxygen atoms in total. The fourth-order valence-electron chi connectivity index (χ4n) is 2.36. The zero-order chi connectivity index (χ0) is 14.8. The van der Waals surface area contributed by atoms with E-state index in [2.05, 4.69) is 10.3 Å². The molecule has 1 atom stereocenters. The molecule has 1 aliphatic rings. The first kappa shape index (κ1) is 18.3. The smallest absolute Gasteiger partial charge is 0.357 e. The fraction of sp³-hybridized carbons (Fsp3) is 0.615. The van der Waals surface area contributed by atoms with Gasteiger partial charge < -0.3 is 10.2 Å². The number of hydrogen-bond donors (Lipinski definition) is 1. The van der Waals surface area contributed by atoms with Crippen LogP contribution in [0.4, 0.5) is 19.0 Å². The third kappa shape index (κ3) is 4.90. The number of piperidine rings is 1. The molecule has 2 heterocycles. The molecule has 0 aromatic carbocycles. The number of pyridine rings is 1. The highest BCUT2D eigenvalue weighted by Crippen LogP contribution is 2.33. The largest absolute Gasteiger partial charge is 0.417 e. The van der Waals surface area contributed by atoms with Crippen molar-refractivity contribution in [3.05, 3.63) is 22.8 Å². The van der Waals surface area contributed by atoms with Crippen molar-refractivity contribution in [3.63, 3.8) is 0 Å². The van der Waals surface area contributed by atoms with E-state index in [1.165, 1.54) is 12.8 Å². The van der Waals surface area contributed by atoms with Gasteiger partial charge in [0.15, 0.2) is 0 Å². The summed E-state index contributed by atoms with van der Waals surface area (Å²) >= 11 is 5.92. The number of halogens is 5. The lowest BCUT2D eigenvalue weighted by atomic mass is 10.0. The maximum absolute atomic E-state index is 12.6. The van der Waals surface area contributed by atoms with E-state index in [4.69, 9.17) is 11.6 Å². The molecule has 1 N–H and O–H groups in total. The first-order valence-corrected chi connectivity index (χ1v) is 6.93. The molecule has 0 radical (unpaired) electrons. The Bertz CT molecular complexity index is 462. The van der Waals surface area contributed by atoms with E-state index in [-0.39, 0.29) is 17.4 Å². The molecule has 21 heavy (non-hydrogen) atoms. The monoisotopic (exact) mass is 343 g/mol. The Labute approximate surface area is 133 Å². The van der Waals surface area contributed by atoms with Crippen LogP contribution in [0.2, 0.25) is 5.02 Å². The minimum absolute atomic E-state index is 0. The lowest BCUT2D eigenvalue weighted by molar-refractivity contribution is -0.137. The molecule has 0 aliphatic carbocycles. The summed E-state index contributed by atoms with van der Waals surface area (Å²) in [5.41, 5.74) is -0.824. The maximum atomic E-state index is 12.6. The van der Waals surface area contributed by atoms with E-state index in [1.54, 1.807) is 11.9 Å². The van der Waals surface area contributed by atoms with Crippen molar-refractivity contribution in [1.82, 2.24) is 10.3 Å². The minimum Gasteiger partial charge on any atom is -0.357 e. The van der Waals surface area contributed by atoms with Crippen LogP contribution < -0.4 is 10.2 Å². The van der Waals surface area contributed by atoms with Crippen LogP contribution in [0.25, 0.3) is 0 Å². The number of rotatable bonds is 3. The molecule has 0 saturated carbocycles. The Hall–Kier alpha value is -0.720. The van der Waals surface area contributed by atoms with Crippen molar-refractivity contribution in [2.75, 3.05) is 25.0 Å². The van der Waals surface area contributed by atoms with Crippen LogP contribution in [0.3, 0.4) is 0 Å². The Morgan fingerprint density at radius 1 is 1.43 bits per heavy atom. The van der Waals surface area contributed by atoms with E-state index >= 15 is 0 Å². The predicted octanol–water partition coefficient (Wildman–Crippen LogP) is 3.75. The van der Waals surface area contributed by atoms with Gasteiger partial charge in [-0.25, -0.2) is 4.98 Å². The molecule has 1 aromatic heterocycles. The van der Waals surface area contributed by atoms with E-state index in [0.29, 0.717) is 18.4 Å². The first-order valence-electron chi connectivity index (χ1n) is 6.55. The summed E-state index contributed by atoms with van der Waals surface area (Å²) in [4.78, 5) is 5.65. The first-order chi connectivity index (χ1) is 9.38. The third-order valence-electron chi connectivity index (χ3n) is 3.42. The zero-order valence-electron chi connectivity index (χ0n) is 11.6. The summed E-state index contributed by atoms with van der Waals surface area (Å²) in [6.07, 6.45) is -0.202. The Balaban J connectivity index is 0.00000220. The second-order valence-corrected chi connectivity index (χ2v) is 5.46. The Morgan fingerprint density at radius 2 is 2.14 bits per heavy atom. The van der Waals surface area contributed by atoms with Gasteiger partial charge in [-0.1, -0.05) is 18.0 Å². The zero-order valence-corrected chi connectivity index (χ0v) is 13.2. The average molecular weight is 344 g/mol. The van der Waals surface area contributed by atoms with Crippen molar-refractivity contribution >= 4 is 29.8 Å². The lowest BCUT2D eigenvalue weighted by Gasteiger charge is -2.29. The van der Waals surface area contributed by atoms with Crippen LogP contribution in [0.15, 0.2) is 12.3 Å². The number of nitrogens with zero attached hydrogens (tertiary/aromatic N) is 2. The normalized spacial score (nSPS) is 19.0. The van der Waals surface area contributed by atoms with Gasteiger partial charge in [-0.05, 0) is 25.5 Å². The summed E-state index contributed by atoms with van der Waals surface area (Å²) in [7, 11) is 1.79. The summed E-state index contributed by atoms with van der Waals surface area (Å²) in [5, 5.41) is 3.41. The van der Waals surface area contributed by atoms with Crippen molar-refractivity contribution in [2.24, 2.45) is 0 Å². The lowest BCUT2D eigenvalue weighted by Crippen LogP contribution is -2.42. The Morgan fingerprint density at radius 3 is 2.67 bits per heavy atom. The number of hydrogen-bond acceptors (Lipinski definition) is 3. The van der Waals surface area contributed by atoms with E-state index in [9.17, 15) is 13.2 Å². The molecule has 0 amide bonds. The van der Waals surface area contributed by atoms with Gasteiger partial charge in [-0.15, -0.1) is 12.4 Å². The van der Waals surface area contributed by atoms with E-state index in [0.717, 1.165) is 25.2 Å². The average Bonchev–Trinajstić information content (AvgIpc) is 2.38. The van der Waals surface area contributed by atoms with Crippen LogP contribution >= 0.6 is 24.0 Å². The van der Waals surface area contributed by atoms with Gasteiger partial charge in [0, 0.05) is 25.8 Å². The summed E-state index contributed by atoms with van der Waals surface area (Å²) in [5.74, 6) is 0.382. The highest BCUT2D eigenvalue weighted by molar-refractivity contribution is 6.33. The molecule has 8 heteroatoms. The molecule has 0 spiro atoms. The second-order valence-electron chi connectivity index (χ2n) is 5.05. The van der Waals surface area contributed by atoms with Gasteiger partial charge in [0.2, 0.25) is 0 Å². The van der Waals surface area contributed by atoms with Crippen molar-refractivity contribution < 1.29 is 13.2 Å². The van der Waals surface area contributed by atoms with Gasteiger partial charge >= 0.3 is 6.18 Å². The number of aromatic nitrogens is 1. The second kappa shape index (κ2) is 7.51. The van der Waals surface area contributed by atoms with Gasteiger partial charge in [0.1, 0.15) is 5.82 Å². The van der Waals surface area contributed by atoms with Crippen LogP contribution in [-0.2, 0) is 6.18 Å². The van der Waals surface area contributed by atoms with Gasteiger partial charge in [-0.2, -0.15) is 13.2 Å². The fourth-order valence-corrected chi connectivity index (χ4v) is 2.67. The molecule has 120 valence electrons. The van der Waals surface area contributed by atoms with Crippen LogP contribution in [-0.4, -0.2) is 31.2 Å². The molecule has 2 rings (SSSR count). The molecule has 1 unspecified atom stereocenters. The minimum atomic E-state index is -4.42. The van der Waals surface area contributed by atoms with Crippen LogP contribution in [0.5, 0.6) is 0 Å². The molecule has 1 fully saturated rings. The summed E-state index contributed by atoms with van der Waals surface area (Å²) < 4.78 is 37.7. The van der Waals surface area contributed by atoms with Crippen molar-refractivity contribution in [1.29, 1.82) is 0 Å². The summed E-state index contributed by atoms with van der Waals surface area (Å²) in [6, 6.07) is 1.25. The van der Waals surface area contributed by atoms with Crippen LogP contribution in [0.1, 0.15) is 24.8 Å². The molecule has 1 aromatic rings. The molecular weight excluding hydrogens is 326 g/mol. The number of likely N-dealkylation sites (N-methyl/N-ethyl adjacent to an activating group) is 1. The van der Waals surface area contributed by atoms with Crippen molar-refractivity contribution in [2.45, 2.75) is 31.5 Å². The highest BCUT2D eigenvalue weighted by atomic mass is 35.5. The third-order valence-corrected chi connectivity index (χ3v) is 3.70. The predicted molar refractivity (Wildman–Crippen MR) is 80.4 cm³/mol. The molecule has 0 bridgehead atoms. The molecule has 1 saturated heterocycles. The maximum Gasteiger partial charge on any atom is 0.417 e. The van der Waals surface area contributed by atoms with Gasteiger partial charge in [0.25, 0.3) is 0 Å². The number of alkyl halides is 3. The van der Waals surface area contributed by atoms with Gasteiger partial charge in [0.05, 0.1) is 10.6 Å². The Kier molecular flexibility index (Phi) is 6.56. The summed E-state index contributed by atoms with van der Waals surface area (Å²) in [6.45, 7) is 1.66. The number of anilines is 1. The molecular formula is C13H18Cl2F3N3. The van der Waals surface area contributed by atoms with Crippen molar-refractivity contribution in [3.8, 4) is 0 Å². The standard InChI is InChI=1S/C13H17ClF3N3.ClH/c1-20(8-10-4-2-3-5-18-10)12-11(14)6-9(7-19-12)13(15,16)17;/h6-7,10,18H,2-5,8H2,1H3;1H. The van der Waals surface area contributed by atoms with E-state index in [1.807, 2.05) is 0 Å². The van der Waals surface area contributed by atoms with E-state index < -0.39 is 11.7 Å². The van der Waals surface area contributed by atoms with Gasteiger partial charge in [-0.3, -0.25) is 0 Å².